The zero-order valence-electron chi connectivity index (χ0n) is 12.2. The van der Waals surface area contributed by atoms with E-state index in [9.17, 15) is 0 Å². The van der Waals surface area contributed by atoms with Crippen molar-refractivity contribution in [1.29, 1.82) is 0 Å². The minimum Gasteiger partial charge on any atom is -0.380 e. The van der Waals surface area contributed by atoms with Crippen LogP contribution in [0.2, 0.25) is 0 Å². The Morgan fingerprint density at radius 3 is 2.33 bits per heavy atom. The molecule has 106 valence electrons. The second-order valence-electron chi connectivity index (χ2n) is 5.13. The predicted molar refractivity (Wildman–Crippen MR) is 88.4 cm³/mol. The van der Waals surface area contributed by atoms with Crippen molar-refractivity contribution in [3.63, 3.8) is 0 Å². The molecule has 0 saturated carbocycles. The Labute approximate surface area is 125 Å². The third kappa shape index (κ3) is 3.23. The summed E-state index contributed by atoms with van der Waals surface area (Å²) in [6, 6.07) is 23.3. The summed E-state index contributed by atoms with van der Waals surface area (Å²) in [4.78, 5) is 0. The third-order valence-corrected chi connectivity index (χ3v) is 3.61. The highest BCUT2D eigenvalue weighted by atomic mass is 16.5. The van der Waals surface area contributed by atoms with Gasteiger partial charge in [0.25, 0.3) is 0 Å². The normalized spacial score (nSPS) is 10.7. The van der Waals surface area contributed by atoms with E-state index in [1.807, 2.05) is 0 Å². The second kappa shape index (κ2) is 6.42. The standard InChI is InChI=1S/C19H19NO/c1-21-14-16-11-9-15(10-12-16)13-20-19-8-4-6-17-5-2-3-7-18(17)19/h2-12,20H,13-14H2,1H3. The summed E-state index contributed by atoms with van der Waals surface area (Å²) >= 11 is 0. The Morgan fingerprint density at radius 2 is 1.52 bits per heavy atom. The van der Waals surface area contributed by atoms with Crippen LogP contribution in [0.25, 0.3) is 10.8 Å². The van der Waals surface area contributed by atoms with Crippen LogP contribution >= 0.6 is 0 Å². The summed E-state index contributed by atoms with van der Waals surface area (Å²) in [5, 5.41) is 6.05. The lowest BCUT2D eigenvalue weighted by atomic mass is 10.1. The van der Waals surface area contributed by atoms with E-state index >= 15 is 0 Å². The van der Waals surface area contributed by atoms with E-state index in [4.69, 9.17) is 4.74 Å². The first-order chi connectivity index (χ1) is 10.4. The van der Waals surface area contributed by atoms with Crippen molar-refractivity contribution in [1.82, 2.24) is 0 Å². The van der Waals surface area contributed by atoms with E-state index in [-0.39, 0.29) is 0 Å². The number of nitrogens with one attached hydrogen (secondary N) is 1. The van der Waals surface area contributed by atoms with Crippen LogP contribution in [-0.2, 0) is 17.9 Å². The highest BCUT2D eigenvalue weighted by Gasteiger charge is 2.00. The fourth-order valence-electron chi connectivity index (χ4n) is 2.50. The van der Waals surface area contributed by atoms with Crippen molar-refractivity contribution in [3.05, 3.63) is 77.9 Å². The topological polar surface area (TPSA) is 21.3 Å². The maximum absolute atomic E-state index is 5.13. The van der Waals surface area contributed by atoms with Crippen molar-refractivity contribution < 1.29 is 4.74 Å². The summed E-state index contributed by atoms with van der Waals surface area (Å²) in [6.07, 6.45) is 0. The van der Waals surface area contributed by atoms with Crippen LogP contribution in [0.4, 0.5) is 5.69 Å². The zero-order chi connectivity index (χ0) is 14.5. The van der Waals surface area contributed by atoms with Crippen LogP contribution in [0.3, 0.4) is 0 Å². The molecule has 3 aromatic carbocycles. The number of hydrogen-bond donors (Lipinski definition) is 1. The third-order valence-electron chi connectivity index (χ3n) is 3.61. The van der Waals surface area contributed by atoms with Gasteiger partial charge >= 0.3 is 0 Å². The van der Waals surface area contributed by atoms with Crippen molar-refractivity contribution in [3.8, 4) is 0 Å². The molecule has 0 fully saturated rings. The van der Waals surface area contributed by atoms with Gasteiger partial charge in [-0.25, -0.2) is 0 Å². The largest absolute Gasteiger partial charge is 0.380 e. The Kier molecular flexibility index (Phi) is 4.17. The molecule has 0 atom stereocenters. The number of anilines is 1. The highest BCUT2D eigenvalue weighted by Crippen LogP contribution is 2.23. The Morgan fingerprint density at radius 1 is 0.810 bits per heavy atom. The van der Waals surface area contributed by atoms with E-state index in [0.29, 0.717) is 6.61 Å². The molecule has 3 rings (SSSR count). The number of ether oxygens (including phenoxy) is 1. The highest BCUT2D eigenvalue weighted by molar-refractivity contribution is 5.93. The lowest BCUT2D eigenvalue weighted by molar-refractivity contribution is 0.185. The molecule has 0 spiro atoms. The molecular formula is C19H19NO. The SMILES string of the molecule is COCc1ccc(CNc2cccc3ccccc23)cc1. The quantitative estimate of drug-likeness (QED) is 0.736. The van der Waals surface area contributed by atoms with E-state index in [2.05, 4.69) is 72.0 Å². The van der Waals surface area contributed by atoms with Gasteiger partial charge in [-0.3, -0.25) is 0 Å². The first kappa shape index (κ1) is 13.7. The summed E-state index contributed by atoms with van der Waals surface area (Å²) in [5.74, 6) is 0. The molecule has 0 aromatic heterocycles. The molecule has 3 aromatic rings. The number of hydrogen-bond acceptors (Lipinski definition) is 2. The molecule has 0 bridgehead atoms. The van der Waals surface area contributed by atoms with Gasteiger partial charge in [-0.2, -0.15) is 0 Å². The number of rotatable bonds is 5. The molecule has 0 unspecified atom stereocenters. The molecule has 0 saturated heterocycles. The zero-order valence-corrected chi connectivity index (χ0v) is 12.2. The van der Waals surface area contributed by atoms with Crippen LogP contribution in [0.1, 0.15) is 11.1 Å². The van der Waals surface area contributed by atoms with Gasteiger partial charge in [0.1, 0.15) is 0 Å². The minimum absolute atomic E-state index is 0.664. The first-order valence-electron chi connectivity index (χ1n) is 7.15. The number of methoxy groups -OCH3 is 1. The van der Waals surface area contributed by atoms with Gasteiger partial charge in [-0.15, -0.1) is 0 Å². The summed E-state index contributed by atoms with van der Waals surface area (Å²) in [5.41, 5.74) is 3.64. The molecule has 1 N–H and O–H groups in total. The molecule has 21 heavy (non-hydrogen) atoms. The molecule has 2 nitrogen and oxygen atoms in total. The van der Waals surface area contributed by atoms with Gasteiger partial charge in [0.15, 0.2) is 0 Å². The fourth-order valence-corrected chi connectivity index (χ4v) is 2.50. The fraction of sp³-hybridized carbons (Fsp3) is 0.158. The smallest absolute Gasteiger partial charge is 0.0713 e. The van der Waals surface area contributed by atoms with Crippen LogP contribution in [0.5, 0.6) is 0 Å². The van der Waals surface area contributed by atoms with Crippen molar-refractivity contribution in [2.45, 2.75) is 13.2 Å². The van der Waals surface area contributed by atoms with Gasteiger partial charge in [-0.05, 0) is 22.6 Å². The number of fused-ring (bicyclic) bond motifs is 1. The molecule has 0 aliphatic rings. The van der Waals surface area contributed by atoms with Gasteiger partial charge in [-0.1, -0.05) is 60.7 Å². The molecule has 0 aliphatic carbocycles. The molecule has 0 aliphatic heterocycles. The summed E-state index contributed by atoms with van der Waals surface area (Å²) in [7, 11) is 1.72. The number of benzene rings is 3. The van der Waals surface area contributed by atoms with E-state index < -0.39 is 0 Å². The van der Waals surface area contributed by atoms with Crippen LogP contribution < -0.4 is 5.32 Å². The van der Waals surface area contributed by atoms with Crippen LogP contribution in [-0.4, -0.2) is 7.11 Å². The van der Waals surface area contributed by atoms with Crippen molar-refractivity contribution >= 4 is 16.5 Å². The van der Waals surface area contributed by atoms with Crippen molar-refractivity contribution in [2.24, 2.45) is 0 Å². The maximum Gasteiger partial charge on any atom is 0.0713 e. The van der Waals surface area contributed by atoms with Crippen LogP contribution in [0, 0.1) is 0 Å². The average Bonchev–Trinajstić information content (AvgIpc) is 2.54. The van der Waals surface area contributed by atoms with E-state index in [1.165, 1.54) is 27.6 Å². The minimum atomic E-state index is 0.664. The molecule has 0 heterocycles. The van der Waals surface area contributed by atoms with E-state index in [1.54, 1.807) is 7.11 Å². The monoisotopic (exact) mass is 277 g/mol. The lowest BCUT2D eigenvalue weighted by Crippen LogP contribution is -2.00. The second-order valence-corrected chi connectivity index (χ2v) is 5.13. The Balaban J connectivity index is 1.74. The van der Waals surface area contributed by atoms with Gasteiger partial charge in [0.2, 0.25) is 0 Å². The van der Waals surface area contributed by atoms with Gasteiger partial charge in [0, 0.05) is 24.7 Å². The summed E-state index contributed by atoms with van der Waals surface area (Å²) < 4.78 is 5.13. The maximum atomic E-state index is 5.13. The molecule has 2 heteroatoms. The summed E-state index contributed by atoms with van der Waals surface area (Å²) in [6.45, 7) is 1.48. The lowest BCUT2D eigenvalue weighted by Gasteiger charge is -2.10. The molecular weight excluding hydrogens is 258 g/mol. The molecule has 0 amide bonds. The van der Waals surface area contributed by atoms with Gasteiger partial charge < -0.3 is 10.1 Å². The van der Waals surface area contributed by atoms with Crippen molar-refractivity contribution in [2.75, 3.05) is 12.4 Å². The Bertz CT molecular complexity index is 714. The average molecular weight is 277 g/mol. The first-order valence-corrected chi connectivity index (χ1v) is 7.15. The van der Waals surface area contributed by atoms with Crippen LogP contribution in [0.15, 0.2) is 66.7 Å². The molecule has 0 radical (unpaired) electrons. The Hall–Kier alpha value is -2.32. The van der Waals surface area contributed by atoms with Gasteiger partial charge in [0.05, 0.1) is 6.61 Å². The van der Waals surface area contributed by atoms with E-state index in [0.717, 1.165) is 6.54 Å². The predicted octanol–water partition coefficient (Wildman–Crippen LogP) is 4.60.